The number of benzene rings is 2. The standard InChI is InChI=1S/C17H19N3O/c1-2-21-13-9-7-12(8-10-13)14(18)11-17-19-15-5-3-4-6-16(15)20-17/h3-10,14H,2,11,18H2,1H3,(H,19,20). The first kappa shape index (κ1) is 13.6. The van der Waals surface area contributed by atoms with E-state index in [1.807, 2.05) is 55.5 Å². The Labute approximate surface area is 124 Å². The second kappa shape index (κ2) is 5.97. The highest BCUT2D eigenvalue weighted by atomic mass is 16.5. The van der Waals surface area contributed by atoms with Crippen molar-refractivity contribution in [3.05, 3.63) is 59.9 Å². The first-order chi connectivity index (χ1) is 10.3. The van der Waals surface area contributed by atoms with Crippen LogP contribution in [-0.2, 0) is 6.42 Å². The van der Waals surface area contributed by atoms with E-state index in [4.69, 9.17) is 10.5 Å². The fraction of sp³-hybridized carbons (Fsp3) is 0.235. The van der Waals surface area contributed by atoms with E-state index < -0.39 is 0 Å². The molecule has 21 heavy (non-hydrogen) atoms. The van der Waals surface area contributed by atoms with E-state index in [0.717, 1.165) is 28.2 Å². The van der Waals surface area contributed by atoms with Crippen LogP contribution in [0.5, 0.6) is 5.75 Å². The summed E-state index contributed by atoms with van der Waals surface area (Å²) in [6, 6.07) is 15.9. The van der Waals surface area contributed by atoms with Crippen LogP contribution < -0.4 is 10.5 Å². The summed E-state index contributed by atoms with van der Waals surface area (Å²) in [6.07, 6.45) is 0.683. The highest BCUT2D eigenvalue weighted by Crippen LogP contribution is 2.20. The minimum Gasteiger partial charge on any atom is -0.494 e. The fourth-order valence-electron chi connectivity index (χ4n) is 2.41. The van der Waals surface area contributed by atoms with Crippen molar-refractivity contribution in [2.45, 2.75) is 19.4 Å². The quantitative estimate of drug-likeness (QED) is 0.755. The number of aromatic amines is 1. The molecule has 0 spiro atoms. The molecule has 0 aliphatic carbocycles. The van der Waals surface area contributed by atoms with Gasteiger partial charge in [0.25, 0.3) is 0 Å². The Morgan fingerprint density at radius 3 is 2.62 bits per heavy atom. The van der Waals surface area contributed by atoms with Crippen LogP contribution >= 0.6 is 0 Å². The number of fused-ring (bicyclic) bond motifs is 1. The van der Waals surface area contributed by atoms with Gasteiger partial charge in [-0.15, -0.1) is 0 Å². The van der Waals surface area contributed by atoms with Gasteiger partial charge in [-0.2, -0.15) is 0 Å². The van der Waals surface area contributed by atoms with E-state index in [-0.39, 0.29) is 6.04 Å². The third-order valence-electron chi connectivity index (χ3n) is 3.47. The Bertz CT molecular complexity index is 685. The normalized spacial score (nSPS) is 12.5. The van der Waals surface area contributed by atoms with Crippen LogP contribution in [0, 0.1) is 0 Å². The third kappa shape index (κ3) is 3.06. The molecular formula is C17H19N3O. The average molecular weight is 281 g/mol. The zero-order valence-corrected chi connectivity index (χ0v) is 12.0. The average Bonchev–Trinajstić information content (AvgIpc) is 2.90. The van der Waals surface area contributed by atoms with Crippen LogP contribution in [0.25, 0.3) is 11.0 Å². The lowest BCUT2D eigenvalue weighted by Gasteiger charge is -2.11. The largest absolute Gasteiger partial charge is 0.494 e. The highest BCUT2D eigenvalue weighted by molar-refractivity contribution is 5.74. The second-order valence-corrected chi connectivity index (χ2v) is 5.01. The minimum atomic E-state index is -0.0822. The molecule has 0 bridgehead atoms. The first-order valence-corrected chi connectivity index (χ1v) is 7.18. The molecular weight excluding hydrogens is 262 g/mol. The van der Waals surface area contributed by atoms with Crippen LogP contribution in [0.1, 0.15) is 24.4 Å². The van der Waals surface area contributed by atoms with Crippen molar-refractivity contribution in [2.75, 3.05) is 6.61 Å². The number of nitrogens with zero attached hydrogens (tertiary/aromatic N) is 1. The molecule has 0 aliphatic rings. The van der Waals surface area contributed by atoms with Gasteiger partial charge in [0.05, 0.1) is 17.6 Å². The van der Waals surface area contributed by atoms with Crippen LogP contribution in [-0.4, -0.2) is 16.6 Å². The number of hydrogen-bond donors (Lipinski definition) is 2. The molecule has 0 radical (unpaired) electrons. The SMILES string of the molecule is CCOc1ccc(C(N)Cc2nc3ccccc3[nH]2)cc1. The molecule has 1 heterocycles. The molecule has 4 heteroatoms. The fourth-order valence-corrected chi connectivity index (χ4v) is 2.41. The molecule has 4 nitrogen and oxygen atoms in total. The number of aromatic nitrogens is 2. The molecule has 0 fully saturated rings. The number of hydrogen-bond acceptors (Lipinski definition) is 3. The van der Waals surface area contributed by atoms with Crippen LogP contribution in [0.3, 0.4) is 0 Å². The zero-order valence-electron chi connectivity index (χ0n) is 12.0. The van der Waals surface area contributed by atoms with Gasteiger partial charge in [0.1, 0.15) is 11.6 Å². The lowest BCUT2D eigenvalue weighted by molar-refractivity contribution is 0.340. The maximum atomic E-state index is 6.27. The monoisotopic (exact) mass is 281 g/mol. The zero-order chi connectivity index (χ0) is 14.7. The Kier molecular flexibility index (Phi) is 3.88. The van der Waals surface area contributed by atoms with Gasteiger partial charge < -0.3 is 15.5 Å². The number of nitrogens with two attached hydrogens (primary N) is 1. The molecule has 108 valence electrons. The van der Waals surface area contributed by atoms with E-state index in [0.29, 0.717) is 13.0 Å². The number of imidazole rings is 1. The summed E-state index contributed by atoms with van der Waals surface area (Å²) in [5.74, 6) is 1.79. The predicted octanol–water partition coefficient (Wildman–Crippen LogP) is 3.20. The molecule has 1 unspecified atom stereocenters. The third-order valence-corrected chi connectivity index (χ3v) is 3.47. The van der Waals surface area contributed by atoms with Crippen molar-refractivity contribution in [1.82, 2.24) is 9.97 Å². The molecule has 0 saturated carbocycles. The molecule has 0 saturated heterocycles. The summed E-state index contributed by atoms with van der Waals surface area (Å²) in [5, 5.41) is 0. The van der Waals surface area contributed by atoms with Crippen molar-refractivity contribution >= 4 is 11.0 Å². The molecule has 0 aliphatic heterocycles. The Balaban J connectivity index is 1.74. The van der Waals surface area contributed by atoms with Gasteiger partial charge in [0.15, 0.2) is 0 Å². The summed E-state index contributed by atoms with van der Waals surface area (Å²) < 4.78 is 5.44. The number of ether oxygens (including phenoxy) is 1. The Hall–Kier alpha value is -2.33. The van der Waals surface area contributed by atoms with Crippen molar-refractivity contribution in [2.24, 2.45) is 5.73 Å². The summed E-state index contributed by atoms with van der Waals surface area (Å²) in [6.45, 7) is 2.64. The van der Waals surface area contributed by atoms with Crippen molar-refractivity contribution in [3.63, 3.8) is 0 Å². The number of para-hydroxylation sites is 2. The summed E-state index contributed by atoms with van der Waals surface area (Å²) in [4.78, 5) is 7.88. The molecule has 3 rings (SSSR count). The maximum Gasteiger partial charge on any atom is 0.119 e. The summed E-state index contributed by atoms with van der Waals surface area (Å²) >= 11 is 0. The van der Waals surface area contributed by atoms with Crippen LogP contribution in [0.15, 0.2) is 48.5 Å². The lowest BCUT2D eigenvalue weighted by Crippen LogP contribution is -2.14. The van der Waals surface area contributed by atoms with E-state index in [9.17, 15) is 0 Å². The van der Waals surface area contributed by atoms with Crippen molar-refractivity contribution < 1.29 is 4.74 Å². The number of nitrogens with one attached hydrogen (secondary N) is 1. The van der Waals surface area contributed by atoms with Gasteiger partial charge in [-0.05, 0) is 36.8 Å². The van der Waals surface area contributed by atoms with Gasteiger partial charge in [-0.1, -0.05) is 24.3 Å². The van der Waals surface area contributed by atoms with Crippen molar-refractivity contribution in [1.29, 1.82) is 0 Å². The van der Waals surface area contributed by atoms with Gasteiger partial charge in [-0.3, -0.25) is 0 Å². The topological polar surface area (TPSA) is 63.9 Å². The van der Waals surface area contributed by atoms with Gasteiger partial charge in [-0.25, -0.2) is 4.98 Å². The second-order valence-electron chi connectivity index (χ2n) is 5.01. The van der Waals surface area contributed by atoms with Gasteiger partial charge in [0.2, 0.25) is 0 Å². The minimum absolute atomic E-state index is 0.0822. The summed E-state index contributed by atoms with van der Waals surface area (Å²) in [5.41, 5.74) is 9.38. The van der Waals surface area contributed by atoms with Crippen molar-refractivity contribution in [3.8, 4) is 5.75 Å². The molecule has 3 N–H and O–H groups in total. The molecule has 0 amide bonds. The van der Waals surface area contributed by atoms with Gasteiger partial charge >= 0.3 is 0 Å². The lowest BCUT2D eigenvalue weighted by atomic mass is 10.0. The predicted molar refractivity (Wildman–Crippen MR) is 84.3 cm³/mol. The molecule has 1 aromatic heterocycles. The highest BCUT2D eigenvalue weighted by Gasteiger charge is 2.10. The van der Waals surface area contributed by atoms with Gasteiger partial charge in [0, 0.05) is 12.5 Å². The van der Waals surface area contributed by atoms with Crippen LogP contribution in [0.4, 0.5) is 0 Å². The van der Waals surface area contributed by atoms with E-state index in [1.165, 1.54) is 0 Å². The Morgan fingerprint density at radius 2 is 1.90 bits per heavy atom. The van der Waals surface area contributed by atoms with E-state index in [1.54, 1.807) is 0 Å². The number of rotatable bonds is 5. The van der Waals surface area contributed by atoms with E-state index >= 15 is 0 Å². The first-order valence-electron chi connectivity index (χ1n) is 7.18. The van der Waals surface area contributed by atoms with E-state index in [2.05, 4.69) is 9.97 Å². The van der Waals surface area contributed by atoms with Crippen LogP contribution in [0.2, 0.25) is 0 Å². The Morgan fingerprint density at radius 1 is 1.14 bits per heavy atom. The summed E-state index contributed by atoms with van der Waals surface area (Å²) in [7, 11) is 0. The smallest absolute Gasteiger partial charge is 0.119 e. The molecule has 2 aromatic carbocycles. The molecule has 1 atom stereocenters. The maximum absolute atomic E-state index is 6.27. The molecule has 3 aromatic rings. The number of H-pyrrole nitrogens is 1.